The number of nitrogen functional groups attached to an aromatic ring is 1. The van der Waals surface area contributed by atoms with Crippen LogP contribution in [0.25, 0.3) is 11.0 Å². The van der Waals surface area contributed by atoms with Gasteiger partial charge in [-0.3, -0.25) is 4.90 Å². The first-order chi connectivity index (χ1) is 11.2. The van der Waals surface area contributed by atoms with Gasteiger partial charge in [0.2, 0.25) is 0 Å². The average molecular weight is 315 g/mol. The van der Waals surface area contributed by atoms with Gasteiger partial charge >= 0.3 is 0 Å². The fourth-order valence-electron chi connectivity index (χ4n) is 4.01. The van der Waals surface area contributed by atoms with Crippen molar-refractivity contribution in [1.82, 2.24) is 29.5 Å². The number of hydrogen-bond donors (Lipinski definition) is 1. The molecule has 2 aliphatic rings. The van der Waals surface area contributed by atoms with Gasteiger partial charge in [0.1, 0.15) is 6.33 Å². The lowest BCUT2D eigenvalue weighted by Crippen LogP contribution is -2.49. The summed E-state index contributed by atoms with van der Waals surface area (Å²) in [5.41, 5.74) is 6.89. The first kappa shape index (κ1) is 14.8. The third-order valence-corrected chi connectivity index (χ3v) is 5.47. The fourth-order valence-corrected chi connectivity index (χ4v) is 4.01. The van der Waals surface area contributed by atoms with Gasteiger partial charge in [0.15, 0.2) is 11.5 Å². The molecule has 0 amide bonds. The Labute approximate surface area is 136 Å². The van der Waals surface area contributed by atoms with Gasteiger partial charge in [-0.1, -0.05) is 0 Å². The molecule has 1 aliphatic carbocycles. The van der Waals surface area contributed by atoms with Gasteiger partial charge in [-0.05, 0) is 32.7 Å². The zero-order chi connectivity index (χ0) is 15.8. The number of fused-ring (bicyclic) bond motifs is 1. The van der Waals surface area contributed by atoms with Gasteiger partial charge in [-0.15, -0.1) is 0 Å². The van der Waals surface area contributed by atoms with Crippen LogP contribution in [-0.2, 0) is 0 Å². The average Bonchev–Trinajstić information content (AvgIpc) is 2.93. The molecule has 1 aliphatic heterocycles. The lowest BCUT2D eigenvalue weighted by atomic mass is 9.90. The zero-order valence-electron chi connectivity index (χ0n) is 13.7. The minimum atomic E-state index is 0.411. The molecule has 2 aromatic heterocycles. The number of likely N-dealkylation sites (N-methyl/N-ethyl adjacent to an activating group) is 1. The Balaban J connectivity index is 1.45. The van der Waals surface area contributed by atoms with Crippen molar-refractivity contribution in [2.75, 3.05) is 39.0 Å². The molecule has 2 N–H and O–H groups in total. The Morgan fingerprint density at radius 1 is 1.04 bits per heavy atom. The van der Waals surface area contributed by atoms with E-state index >= 15 is 0 Å². The summed E-state index contributed by atoms with van der Waals surface area (Å²) in [5, 5.41) is 5.40. The molecule has 0 aromatic carbocycles. The maximum absolute atomic E-state index is 6.02. The van der Waals surface area contributed by atoms with Crippen molar-refractivity contribution in [2.45, 2.75) is 37.8 Å². The van der Waals surface area contributed by atoms with E-state index in [4.69, 9.17) is 5.73 Å². The normalized spacial score (nSPS) is 27.5. The van der Waals surface area contributed by atoms with Crippen molar-refractivity contribution >= 4 is 16.9 Å². The van der Waals surface area contributed by atoms with E-state index < -0.39 is 0 Å². The summed E-state index contributed by atoms with van der Waals surface area (Å²) >= 11 is 0. The van der Waals surface area contributed by atoms with Crippen LogP contribution in [0.3, 0.4) is 0 Å². The molecule has 0 radical (unpaired) electrons. The lowest BCUT2D eigenvalue weighted by Gasteiger charge is -2.41. The summed E-state index contributed by atoms with van der Waals surface area (Å²) in [4.78, 5) is 13.5. The van der Waals surface area contributed by atoms with Gasteiger partial charge in [-0.25, -0.2) is 14.6 Å². The van der Waals surface area contributed by atoms with E-state index in [1.807, 2.05) is 4.68 Å². The first-order valence-corrected chi connectivity index (χ1v) is 8.58. The number of piperazine rings is 1. The highest BCUT2D eigenvalue weighted by Gasteiger charge is 2.29. The van der Waals surface area contributed by atoms with Crippen molar-refractivity contribution in [3.8, 4) is 0 Å². The summed E-state index contributed by atoms with van der Waals surface area (Å²) < 4.78 is 2.03. The SMILES string of the molecule is CN1CCN(C2CCC(n3nc(N)c4cncnc43)CC2)CC1. The molecule has 7 nitrogen and oxygen atoms in total. The summed E-state index contributed by atoms with van der Waals surface area (Å²) in [6.07, 6.45) is 8.11. The van der Waals surface area contributed by atoms with Crippen molar-refractivity contribution < 1.29 is 0 Å². The number of nitrogens with two attached hydrogens (primary N) is 1. The molecule has 1 saturated heterocycles. The highest BCUT2D eigenvalue weighted by atomic mass is 15.3. The van der Waals surface area contributed by atoms with Crippen LogP contribution in [0.15, 0.2) is 12.5 Å². The summed E-state index contributed by atoms with van der Waals surface area (Å²) in [6.45, 7) is 4.79. The van der Waals surface area contributed by atoms with Crippen molar-refractivity contribution in [2.24, 2.45) is 0 Å². The van der Waals surface area contributed by atoms with Crippen LogP contribution < -0.4 is 5.73 Å². The second-order valence-corrected chi connectivity index (χ2v) is 6.89. The maximum Gasteiger partial charge on any atom is 0.163 e. The van der Waals surface area contributed by atoms with Gasteiger partial charge in [-0.2, -0.15) is 5.10 Å². The summed E-state index contributed by atoms with van der Waals surface area (Å²) in [7, 11) is 2.21. The van der Waals surface area contributed by atoms with E-state index in [0.717, 1.165) is 29.9 Å². The molecule has 1 saturated carbocycles. The van der Waals surface area contributed by atoms with Gasteiger partial charge in [0.05, 0.1) is 11.4 Å². The molecule has 23 heavy (non-hydrogen) atoms. The number of rotatable bonds is 2. The minimum absolute atomic E-state index is 0.411. The van der Waals surface area contributed by atoms with Crippen LogP contribution in [0.2, 0.25) is 0 Å². The first-order valence-electron chi connectivity index (χ1n) is 8.58. The van der Waals surface area contributed by atoms with E-state index in [1.165, 1.54) is 39.0 Å². The zero-order valence-corrected chi connectivity index (χ0v) is 13.7. The van der Waals surface area contributed by atoms with Crippen LogP contribution in [-0.4, -0.2) is 68.8 Å². The predicted octanol–water partition coefficient (Wildman–Crippen LogP) is 1.14. The molecule has 0 unspecified atom stereocenters. The predicted molar refractivity (Wildman–Crippen MR) is 90.1 cm³/mol. The molecule has 4 rings (SSSR count). The number of hydrogen-bond acceptors (Lipinski definition) is 6. The second kappa shape index (κ2) is 6.05. The largest absolute Gasteiger partial charge is 0.382 e. The molecule has 0 bridgehead atoms. The van der Waals surface area contributed by atoms with Crippen molar-refractivity contribution in [3.05, 3.63) is 12.5 Å². The Morgan fingerprint density at radius 2 is 1.74 bits per heavy atom. The minimum Gasteiger partial charge on any atom is -0.382 e. The molecule has 3 heterocycles. The number of nitrogens with zero attached hydrogens (tertiary/aromatic N) is 6. The van der Waals surface area contributed by atoms with Crippen LogP contribution in [0, 0.1) is 0 Å². The quantitative estimate of drug-likeness (QED) is 0.895. The van der Waals surface area contributed by atoms with E-state index in [0.29, 0.717) is 11.9 Å². The lowest BCUT2D eigenvalue weighted by molar-refractivity contribution is 0.0815. The number of aromatic nitrogens is 4. The maximum atomic E-state index is 6.02. The Bertz CT molecular complexity index is 666. The molecular formula is C16H25N7. The van der Waals surface area contributed by atoms with Crippen molar-refractivity contribution in [1.29, 1.82) is 0 Å². The molecular weight excluding hydrogens is 290 g/mol. The molecule has 7 heteroatoms. The van der Waals surface area contributed by atoms with Crippen LogP contribution in [0.4, 0.5) is 5.82 Å². The second-order valence-electron chi connectivity index (χ2n) is 6.89. The molecule has 0 atom stereocenters. The molecule has 2 aromatic rings. The Morgan fingerprint density at radius 3 is 2.48 bits per heavy atom. The Hall–Kier alpha value is -1.73. The van der Waals surface area contributed by atoms with Gasteiger partial charge in [0, 0.05) is 38.4 Å². The highest BCUT2D eigenvalue weighted by Crippen LogP contribution is 2.33. The topological polar surface area (TPSA) is 76.1 Å². The van der Waals surface area contributed by atoms with E-state index in [2.05, 4.69) is 31.9 Å². The fraction of sp³-hybridized carbons (Fsp3) is 0.688. The van der Waals surface area contributed by atoms with E-state index in [-0.39, 0.29) is 0 Å². The van der Waals surface area contributed by atoms with Gasteiger partial charge < -0.3 is 10.6 Å². The summed E-state index contributed by atoms with van der Waals surface area (Å²) in [5.74, 6) is 0.543. The van der Waals surface area contributed by atoms with E-state index in [9.17, 15) is 0 Å². The van der Waals surface area contributed by atoms with Gasteiger partial charge in [0.25, 0.3) is 0 Å². The molecule has 2 fully saturated rings. The monoisotopic (exact) mass is 315 g/mol. The van der Waals surface area contributed by atoms with Crippen LogP contribution >= 0.6 is 0 Å². The molecule has 0 spiro atoms. The smallest absolute Gasteiger partial charge is 0.163 e. The van der Waals surface area contributed by atoms with Crippen LogP contribution in [0.1, 0.15) is 31.7 Å². The third kappa shape index (κ3) is 2.79. The third-order valence-electron chi connectivity index (χ3n) is 5.47. The summed E-state index contributed by atoms with van der Waals surface area (Å²) in [6, 6.07) is 1.14. The standard InChI is InChI=1S/C16H25N7/c1-21-6-8-22(9-7-21)12-2-4-13(5-3-12)23-16-14(15(17)20-23)10-18-11-19-16/h10-13H,2-9H2,1H3,(H2,17,20). The number of anilines is 1. The van der Waals surface area contributed by atoms with Crippen LogP contribution in [0.5, 0.6) is 0 Å². The molecule has 124 valence electrons. The van der Waals surface area contributed by atoms with E-state index in [1.54, 1.807) is 12.5 Å². The van der Waals surface area contributed by atoms with Crippen molar-refractivity contribution in [3.63, 3.8) is 0 Å². The Kier molecular flexibility index (Phi) is 3.90. The highest BCUT2D eigenvalue weighted by molar-refractivity contribution is 5.85.